The highest BCUT2D eigenvalue weighted by Gasteiger charge is 2.17. The fraction of sp³-hybridized carbons (Fsp3) is 0.0556. The predicted molar refractivity (Wildman–Crippen MR) is 88.9 cm³/mol. The lowest BCUT2D eigenvalue weighted by Gasteiger charge is -2.06. The molecule has 0 bridgehead atoms. The van der Waals surface area contributed by atoms with Crippen molar-refractivity contribution >= 4 is 17.4 Å². The van der Waals surface area contributed by atoms with E-state index in [1.807, 2.05) is 30.3 Å². The molecule has 0 saturated carbocycles. The fourth-order valence-electron chi connectivity index (χ4n) is 2.15. The number of hydrogen-bond acceptors (Lipinski definition) is 4. The van der Waals surface area contributed by atoms with Gasteiger partial charge in [-0.25, -0.2) is 9.97 Å². The summed E-state index contributed by atoms with van der Waals surface area (Å²) in [5.74, 6) is 0.495. The summed E-state index contributed by atoms with van der Waals surface area (Å²) in [6.07, 6.45) is 1.55. The van der Waals surface area contributed by atoms with Crippen molar-refractivity contribution in [1.82, 2.24) is 9.97 Å². The highest BCUT2D eigenvalue weighted by molar-refractivity contribution is 6.33. The summed E-state index contributed by atoms with van der Waals surface area (Å²) in [5.41, 5.74) is 2.08. The summed E-state index contributed by atoms with van der Waals surface area (Å²) in [5, 5.41) is 0.0936. The lowest BCUT2D eigenvalue weighted by molar-refractivity contribution is 0.103. The number of ether oxygens (including phenoxy) is 1. The molecule has 114 valence electrons. The van der Waals surface area contributed by atoms with Crippen molar-refractivity contribution in [1.29, 1.82) is 0 Å². The number of nitrogens with zero attached hydrogens (tertiary/aromatic N) is 2. The summed E-state index contributed by atoms with van der Waals surface area (Å²) >= 11 is 6.06. The van der Waals surface area contributed by atoms with Crippen LogP contribution in [0, 0.1) is 0 Å². The number of methoxy groups -OCH3 is 1. The van der Waals surface area contributed by atoms with E-state index in [1.54, 1.807) is 37.6 Å². The van der Waals surface area contributed by atoms with Gasteiger partial charge in [0, 0.05) is 11.1 Å². The van der Waals surface area contributed by atoms with Crippen molar-refractivity contribution in [3.63, 3.8) is 0 Å². The van der Waals surface area contributed by atoms with Crippen LogP contribution in [0.3, 0.4) is 0 Å². The van der Waals surface area contributed by atoms with Crippen LogP contribution in [0.5, 0.6) is 5.75 Å². The maximum atomic E-state index is 12.5. The van der Waals surface area contributed by atoms with Crippen LogP contribution in [-0.2, 0) is 0 Å². The first-order valence-electron chi connectivity index (χ1n) is 6.96. The second kappa shape index (κ2) is 6.58. The Balaban J connectivity index is 2.00. The van der Waals surface area contributed by atoms with Crippen LogP contribution < -0.4 is 4.74 Å². The predicted octanol–water partition coefficient (Wildman–Crippen LogP) is 4.04. The third-order valence-corrected chi connectivity index (χ3v) is 3.64. The Hall–Kier alpha value is -2.72. The molecule has 0 aliphatic heterocycles. The molecule has 23 heavy (non-hydrogen) atoms. The van der Waals surface area contributed by atoms with Crippen molar-refractivity contribution in [2.45, 2.75) is 0 Å². The van der Waals surface area contributed by atoms with Gasteiger partial charge in [0.25, 0.3) is 0 Å². The molecule has 0 fully saturated rings. The van der Waals surface area contributed by atoms with Gasteiger partial charge in [-0.05, 0) is 24.3 Å². The van der Waals surface area contributed by atoms with Crippen LogP contribution in [0.2, 0.25) is 5.15 Å². The third-order valence-electron chi connectivity index (χ3n) is 3.36. The second-order valence-corrected chi connectivity index (χ2v) is 5.18. The maximum Gasteiger partial charge on any atom is 0.214 e. The third kappa shape index (κ3) is 3.22. The van der Waals surface area contributed by atoms with Gasteiger partial charge < -0.3 is 4.74 Å². The zero-order valence-corrected chi connectivity index (χ0v) is 13.1. The number of ketones is 1. The van der Waals surface area contributed by atoms with Crippen LogP contribution >= 0.6 is 11.6 Å². The Kier molecular flexibility index (Phi) is 4.35. The highest BCUT2D eigenvalue weighted by atomic mass is 35.5. The molecule has 0 aliphatic rings. The summed E-state index contributed by atoms with van der Waals surface area (Å²) in [6.45, 7) is 0. The van der Waals surface area contributed by atoms with E-state index in [9.17, 15) is 4.79 Å². The number of carbonyl (C=O) groups excluding carboxylic acids is 1. The van der Waals surface area contributed by atoms with Gasteiger partial charge >= 0.3 is 0 Å². The number of rotatable bonds is 4. The van der Waals surface area contributed by atoms with E-state index >= 15 is 0 Å². The monoisotopic (exact) mass is 324 g/mol. The average Bonchev–Trinajstić information content (AvgIpc) is 2.62. The molecule has 3 rings (SSSR count). The summed E-state index contributed by atoms with van der Waals surface area (Å²) in [4.78, 5) is 21.0. The second-order valence-electron chi connectivity index (χ2n) is 4.82. The van der Waals surface area contributed by atoms with Gasteiger partial charge in [-0.15, -0.1) is 0 Å². The lowest BCUT2D eigenvalue weighted by Crippen LogP contribution is -2.07. The number of aromatic nitrogens is 2. The minimum Gasteiger partial charge on any atom is -0.497 e. The first kappa shape index (κ1) is 15.2. The largest absolute Gasteiger partial charge is 0.497 e. The molecule has 1 heterocycles. The van der Waals surface area contributed by atoms with Crippen molar-refractivity contribution in [3.8, 4) is 17.0 Å². The number of hydrogen-bond donors (Lipinski definition) is 0. The lowest BCUT2D eigenvalue weighted by atomic mass is 10.1. The minimum absolute atomic E-state index is 0.0936. The van der Waals surface area contributed by atoms with Gasteiger partial charge in [0.15, 0.2) is 5.15 Å². The van der Waals surface area contributed by atoms with E-state index in [0.29, 0.717) is 11.3 Å². The SMILES string of the molecule is COc1ccc(-c2cnc(Cl)c(C(=O)c3ccccc3)n2)cc1. The molecule has 0 spiro atoms. The van der Waals surface area contributed by atoms with Gasteiger partial charge in [0.1, 0.15) is 11.4 Å². The standard InChI is InChI=1S/C18H13ClN2O2/c1-23-14-9-7-12(8-10-14)15-11-20-18(19)16(21-15)17(22)13-5-3-2-4-6-13/h2-11H,1H3. The zero-order valence-electron chi connectivity index (χ0n) is 12.4. The van der Waals surface area contributed by atoms with Crippen LogP contribution in [-0.4, -0.2) is 22.9 Å². The molecular weight excluding hydrogens is 312 g/mol. The van der Waals surface area contributed by atoms with Gasteiger partial charge in [0.05, 0.1) is 19.0 Å². The normalized spacial score (nSPS) is 10.3. The Morgan fingerprint density at radius 3 is 2.39 bits per heavy atom. The van der Waals surface area contributed by atoms with Gasteiger partial charge in [-0.1, -0.05) is 41.9 Å². The van der Waals surface area contributed by atoms with E-state index < -0.39 is 0 Å². The topological polar surface area (TPSA) is 52.1 Å². The van der Waals surface area contributed by atoms with E-state index in [4.69, 9.17) is 16.3 Å². The van der Waals surface area contributed by atoms with Crippen molar-refractivity contribution in [2.75, 3.05) is 7.11 Å². The van der Waals surface area contributed by atoms with E-state index in [2.05, 4.69) is 9.97 Å². The molecule has 0 amide bonds. The highest BCUT2D eigenvalue weighted by Crippen LogP contribution is 2.23. The quantitative estimate of drug-likeness (QED) is 0.680. The zero-order chi connectivity index (χ0) is 16.2. The van der Waals surface area contributed by atoms with Crippen LogP contribution in [0.15, 0.2) is 60.8 Å². The van der Waals surface area contributed by atoms with Gasteiger partial charge in [-0.2, -0.15) is 0 Å². The van der Waals surface area contributed by atoms with E-state index in [0.717, 1.165) is 11.3 Å². The van der Waals surface area contributed by atoms with Crippen molar-refractivity contribution < 1.29 is 9.53 Å². The first-order valence-corrected chi connectivity index (χ1v) is 7.33. The van der Waals surface area contributed by atoms with Crippen LogP contribution in [0.4, 0.5) is 0 Å². The molecule has 0 unspecified atom stereocenters. The Morgan fingerprint density at radius 1 is 1.04 bits per heavy atom. The minimum atomic E-state index is -0.251. The van der Waals surface area contributed by atoms with Crippen LogP contribution in [0.1, 0.15) is 16.1 Å². The smallest absolute Gasteiger partial charge is 0.214 e. The molecule has 0 atom stereocenters. The van der Waals surface area contributed by atoms with Gasteiger partial charge in [-0.3, -0.25) is 4.79 Å². The van der Waals surface area contributed by atoms with E-state index in [-0.39, 0.29) is 16.6 Å². The maximum absolute atomic E-state index is 12.5. The first-order chi connectivity index (χ1) is 11.2. The molecule has 0 saturated heterocycles. The summed E-state index contributed by atoms with van der Waals surface area (Å²) in [7, 11) is 1.60. The number of benzene rings is 2. The molecule has 3 aromatic rings. The summed E-state index contributed by atoms with van der Waals surface area (Å²) < 4.78 is 5.13. The average molecular weight is 325 g/mol. The van der Waals surface area contributed by atoms with Crippen LogP contribution in [0.25, 0.3) is 11.3 Å². The Labute approximate surface area is 138 Å². The van der Waals surface area contributed by atoms with Gasteiger partial charge in [0.2, 0.25) is 5.78 Å². The molecule has 5 heteroatoms. The summed E-state index contributed by atoms with van der Waals surface area (Å²) in [6, 6.07) is 16.2. The molecule has 0 N–H and O–H groups in total. The fourth-order valence-corrected chi connectivity index (χ4v) is 2.32. The molecule has 1 aromatic heterocycles. The van der Waals surface area contributed by atoms with Crippen molar-refractivity contribution in [3.05, 3.63) is 77.2 Å². The van der Waals surface area contributed by atoms with Crippen molar-refractivity contribution in [2.24, 2.45) is 0 Å². The molecule has 4 nitrogen and oxygen atoms in total. The molecule has 0 radical (unpaired) electrons. The Morgan fingerprint density at radius 2 is 1.74 bits per heavy atom. The number of carbonyl (C=O) groups is 1. The molecular formula is C18H13ClN2O2. The molecule has 2 aromatic carbocycles. The number of halogens is 1. The molecule has 0 aliphatic carbocycles. The Bertz CT molecular complexity index is 833. The van der Waals surface area contributed by atoms with E-state index in [1.165, 1.54) is 0 Å².